The molecule has 0 atom stereocenters. The van der Waals surface area contributed by atoms with E-state index in [9.17, 15) is 0 Å². The summed E-state index contributed by atoms with van der Waals surface area (Å²) in [5.74, 6) is 1.07. The largest absolute Gasteiger partial charge is 0.323 e. The molecule has 0 saturated heterocycles. The third-order valence-corrected chi connectivity index (χ3v) is 5.14. The second-order valence-corrected chi connectivity index (χ2v) is 7.17. The van der Waals surface area contributed by atoms with E-state index in [4.69, 9.17) is 28.2 Å². The van der Waals surface area contributed by atoms with E-state index in [-0.39, 0.29) is 0 Å². The van der Waals surface area contributed by atoms with Crippen molar-refractivity contribution in [3.8, 4) is 0 Å². The van der Waals surface area contributed by atoms with Crippen LogP contribution in [-0.4, -0.2) is 9.55 Å². The molecular weight excluding hydrogens is 363 g/mol. The predicted octanol–water partition coefficient (Wildman–Crippen LogP) is 6.18. The predicted molar refractivity (Wildman–Crippen MR) is 109 cm³/mol. The van der Waals surface area contributed by atoms with Crippen molar-refractivity contribution in [1.82, 2.24) is 9.55 Å². The lowest BCUT2D eigenvalue weighted by atomic mass is 10.1. The minimum absolute atomic E-state index is 0.651. The van der Waals surface area contributed by atoms with Crippen LogP contribution in [0.2, 0.25) is 10.0 Å². The van der Waals surface area contributed by atoms with Gasteiger partial charge in [-0.15, -0.1) is 0 Å². The number of hydrogen-bond acceptors (Lipinski definition) is 1. The Morgan fingerprint density at radius 2 is 1.58 bits per heavy atom. The van der Waals surface area contributed by atoms with Crippen molar-refractivity contribution in [3.05, 3.63) is 99.8 Å². The van der Waals surface area contributed by atoms with Crippen LogP contribution in [0, 0.1) is 0 Å². The van der Waals surface area contributed by atoms with Gasteiger partial charge in [-0.2, -0.15) is 0 Å². The standard InChI is InChI=1S/C22H18Cl2N2/c23-18-12-11-17(19(24)14-18)15-26-21-9-5-4-8-20(21)25-22(26)13-10-16-6-2-1-3-7-16/h1-9,11-12,14H,10,13,15H2. The highest BCUT2D eigenvalue weighted by Gasteiger charge is 2.12. The molecule has 4 rings (SSSR count). The van der Waals surface area contributed by atoms with Crippen LogP contribution in [0.5, 0.6) is 0 Å². The zero-order chi connectivity index (χ0) is 17.9. The maximum absolute atomic E-state index is 6.40. The van der Waals surface area contributed by atoms with Gasteiger partial charge in [0.2, 0.25) is 0 Å². The highest BCUT2D eigenvalue weighted by molar-refractivity contribution is 6.35. The fourth-order valence-corrected chi connectivity index (χ4v) is 3.68. The van der Waals surface area contributed by atoms with Crippen LogP contribution in [0.3, 0.4) is 0 Å². The highest BCUT2D eigenvalue weighted by Crippen LogP contribution is 2.25. The van der Waals surface area contributed by atoms with Crippen molar-refractivity contribution in [2.24, 2.45) is 0 Å². The van der Waals surface area contributed by atoms with Crippen LogP contribution in [-0.2, 0) is 19.4 Å². The van der Waals surface area contributed by atoms with Gasteiger partial charge in [0, 0.05) is 16.5 Å². The number of fused-ring (bicyclic) bond motifs is 1. The van der Waals surface area contributed by atoms with Crippen molar-refractivity contribution in [2.45, 2.75) is 19.4 Å². The maximum atomic E-state index is 6.40. The molecule has 1 heterocycles. The second-order valence-electron chi connectivity index (χ2n) is 6.32. The number of aromatic nitrogens is 2. The van der Waals surface area contributed by atoms with Gasteiger partial charge in [-0.05, 0) is 41.8 Å². The molecule has 2 nitrogen and oxygen atoms in total. The minimum Gasteiger partial charge on any atom is -0.323 e. The van der Waals surface area contributed by atoms with Crippen LogP contribution in [0.15, 0.2) is 72.8 Å². The molecule has 0 N–H and O–H groups in total. The van der Waals surface area contributed by atoms with Crippen LogP contribution in [0.25, 0.3) is 11.0 Å². The van der Waals surface area contributed by atoms with Crippen molar-refractivity contribution in [1.29, 1.82) is 0 Å². The smallest absolute Gasteiger partial charge is 0.110 e. The summed E-state index contributed by atoms with van der Waals surface area (Å²) in [6.45, 7) is 0.681. The average Bonchev–Trinajstić information content (AvgIpc) is 3.01. The first kappa shape index (κ1) is 17.1. The molecule has 0 radical (unpaired) electrons. The Balaban J connectivity index is 1.69. The number of halogens is 2. The van der Waals surface area contributed by atoms with Crippen molar-refractivity contribution in [3.63, 3.8) is 0 Å². The van der Waals surface area contributed by atoms with Gasteiger partial charge in [-0.3, -0.25) is 0 Å². The second kappa shape index (κ2) is 7.53. The lowest BCUT2D eigenvalue weighted by molar-refractivity contribution is 0.730. The van der Waals surface area contributed by atoms with Crippen LogP contribution in [0.4, 0.5) is 0 Å². The summed E-state index contributed by atoms with van der Waals surface area (Å²) in [7, 11) is 0. The molecule has 0 spiro atoms. The Bertz CT molecular complexity index is 1040. The quantitative estimate of drug-likeness (QED) is 0.404. The summed E-state index contributed by atoms with van der Waals surface area (Å²) in [5.41, 5.74) is 4.50. The number of benzene rings is 3. The molecule has 4 aromatic rings. The molecular formula is C22H18Cl2N2. The van der Waals surface area contributed by atoms with Crippen LogP contribution >= 0.6 is 23.2 Å². The summed E-state index contributed by atoms with van der Waals surface area (Å²) in [4.78, 5) is 4.86. The Morgan fingerprint density at radius 3 is 2.38 bits per heavy atom. The zero-order valence-electron chi connectivity index (χ0n) is 14.2. The molecule has 1 aromatic heterocycles. The zero-order valence-corrected chi connectivity index (χ0v) is 15.7. The normalized spacial score (nSPS) is 11.2. The molecule has 0 aliphatic carbocycles. The molecule has 0 amide bonds. The van der Waals surface area contributed by atoms with Gasteiger partial charge in [0.1, 0.15) is 5.82 Å². The molecule has 3 aromatic carbocycles. The summed E-state index contributed by atoms with van der Waals surface area (Å²) in [6, 6.07) is 24.4. The average molecular weight is 381 g/mol. The van der Waals surface area contributed by atoms with Gasteiger partial charge in [-0.25, -0.2) is 4.98 Å². The Kier molecular flexibility index (Phi) is 4.96. The molecule has 0 aliphatic heterocycles. The number of nitrogens with zero attached hydrogens (tertiary/aromatic N) is 2. The number of imidazole rings is 1. The van der Waals surface area contributed by atoms with E-state index in [0.29, 0.717) is 16.6 Å². The Hall–Kier alpha value is -2.29. The lowest BCUT2D eigenvalue weighted by Crippen LogP contribution is -2.07. The first-order valence-electron chi connectivity index (χ1n) is 8.63. The maximum Gasteiger partial charge on any atom is 0.110 e. The van der Waals surface area contributed by atoms with Crippen molar-refractivity contribution >= 4 is 34.2 Å². The fraction of sp³-hybridized carbons (Fsp3) is 0.136. The molecule has 0 bridgehead atoms. The Morgan fingerprint density at radius 1 is 0.808 bits per heavy atom. The number of aryl methyl sites for hydroxylation is 2. The summed E-state index contributed by atoms with van der Waals surface area (Å²) >= 11 is 12.4. The SMILES string of the molecule is Clc1ccc(Cn2c(CCc3ccccc3)nc3ccccc32)c(Cl)c1. The summed E-state index contributed by atoms with van der Waals surface area (Å²) in [5, 5.41) is 1.34. The van der Waals surface area contributed by atoms with Crippen LogP contribution in [0.1, 0.15) is 17.0 Å². The monoisotopic (exact) mass is 380 g/mol. The van der Waals surface area contributed by atoms with E-state index < -0.39 is 0 Å². The van der Waals surface area contributed by atoms with Gasteiger partial charge < -0.3 is 4.57 Å². The lowest BCUT2D eigenvalue weighted by Gasteiger charge is -2.11. The van der Waals surface area contributed by atoms with Crippen LogP contribution < -0.4 is 0 Å². The molecule has 4 heteroatoms. The van der Waals surface area contributed by atoms with Gasteiger partial charge >= 0.3 is 0 Å². The van der Waals surface area contributed by atoms with E-state index in [1.165, 1.54) is 5.56 Å². The molecule has 0 unspecified atom stereocenters. The molecule has 0 saturated carbocycles. The molecule has 26 heavy (non-hydrogen) atoms. The van der Waals surface area contributed by atoms with Crippen molar-refractivity contribution < 1.29 is 0 Å². The first-order valence-corrected chi connectivity index (χ1v) is 9.38. The van der Waals surface area contributed by atoms with Gasteiger partial charge in [0.15, 0.2) is 0 Å². The van der Waals surface area contributed by atoms with E-state index >= 15 is 0 Å². The fourth-order valence-electron chi connectivity index (χ4n) is 3.21. The number of para-hydroxylation sites is 2. The summed E-state index contributed by atoms with van der Waals surface area (Å²) < 4.78 is 2.26. The van der Waals surface area contributed by atoms with E-state index in [2.05, 4.69) is 41.0 Å². The number of hydrogen-bond donors (Lipinski definition) is 0. The van der Waals surface area contributed by atoms with E-state index in [1.54, 1.807) is 6.07 Å². The molecule has 0 aliphatic rings. The minimum atomic E-state index is 0.651. The molecule has 130 valence electrons. The summed E-state index contributed by atoms with van der Waals surface area (Å²) in [6.07, 6.45) is 1.84. The van der Waals surface area contributed by atoms with Gasteiger partial charge in [0.05, 0.1) is 17.6 Å². The van der Waals surface area contributed by atoms with Crippen molar-refractivity contribution in [2.75, 3.05) is 0 Å². The molecule has 0 fully saturated rings. The number of rotatable bonds is 5. The van der Waals surface area contributed by atoms with E-state index in [1.807, 2.05) is 30.3 Å². The first-order chi connectivity index (χ1) is 12.7. The Labute approximate surface area is 163 Å². The third-order valence-electron chi connectivity index (χ3n) is 4.56. The topological polar surface area (TPSA) is 17.8 Å². The van der Waals surface area contributed by atoms with Gasteiger partial charge in [-0.1, -0.05) is 71.7 Å². The van der Waals surface area contributed by atoms with Gasteiger partial charge in [0.25, 0.3) is 0 Å². The highest BCUT2D eigenvalue weighted by atomic mass is 35.5. The van der Waals surface area contributed by atoms with E-state index in [0.717, 1.165) is 35.3 Å². The third kappa shape index (κ3) is 3.62.